The van der Waals surface area contributed by atoms with Crippen molar-refractivity contribution in [2.24, 2.45) is 0 Å². The van der Waals surface area contributed by atoms with Gasteiger partial charge in [-0.1, -0.05) is 17.7 Å². The van der Waals surface area contributed by atoms with Crippen LogP contribution in [0.25, 0.3) is 0 Å². The van der Waals surface area contributed by atoms with Crippen molar-refractivity contribution in [3.05, 3.63) is 71.8 Å². The van der Waals surface area contributed by atoms with Crippen LogP contribution in [0.1, 0.15) is 17.9 Å². The first-order valence-electron chi connectivity index (χ1n) is 9.96. The number of rotatable bonds is 5. The summed E-state index contributed by atoms with van der Waals surface area (Å²) in [5.41, 5.74) is 1.71. The van der Waals surface area contributed by atoms with Crippen LogP contribution in [0.4, 0.5) is 16.3 Å². The van der Waals surface area contributed by atoms with Gasteiger partial charge in [0.05, 0.1) is 7.11 Å². The summed E-state index contributed by atoms with van der Waals surface area (Å²) in [5, 5.41) is 6.62. The van der Waals surface area contributed by atoms with E-state index in [1.165, 1.54) is 0 Å². The van der Waals surface area contributed by atoms with Gasteiger partial charge in [0.25, 0.3) is 0 Å². The maximum atomic E-state index is 12.7. The maximum absolute atomic E-state index is 12.7. The molecule has 9 heteroatoms. The zero-order valence-corrected chi connectivity index (χ0v) is 17.8. The highest BCUT2D eigenvalue weighted by Gasteiger charge is 2.32. The zero-order chi connectivity index (χ0) is 21.6. The molecule has 0 aliphatic carbocycles. The fourth-order valence-electron chi connectivity index (χ4n) is 3.74. The van der Waals surface area contributed by atoms with Gasteiger partial charge in [-0.2, -0.15) is 0 Å². The Morgan fingerprint density at radius 3 is 2.68 bits per heavy atom. The van der Waals surface area contributed by atoms with Gasteiger partial charge >= 0.3 is 6.03 Å². The standard InChI is InChI=1S/C22H23ClN6O2/c1-31-21-7-2-15(12-25-21)18-13-29(20-8-10-24-14-26-20)11-9-19(18)28-22(30)27-17-5-3-16(23)4-6-17/h2-8,10,12,14,18-19H,9,11,13H2,1H3,(H2,27,28,30). The van der Waals surface area contributed by atoms with E-state index in [4.69, 9.17) is 16.3 Å². The molecule has 1 aromatic carbocycles. The van der Waals surface area contributed by atoms with Crippen molar-refractivity contribution in [3.8, 4) is 5.88 Å². The van der Waals surface area contributed by atoms with Gasteiger partial charge in [0.1, 0.15) is 12.1 Å². The van der Waals surface area contributed by atoms with E-state index in [0.717, 1.165) is 24.3 Å². The lowest BCUT2D eigenvalue weighted by Crippen LogP contribution is -2.51. The van der Waals surface area contributed by atoms with Crippen LogP contribution in [0.5, 0.6) is 5.88 Å². The quantitative estimate of drug-likeness (QED) is 0.630. The molecule has 1 saturated heterocycles. The summed E-state index contributed by atoms with van der Waals surface area (Å²) in [6.45, 7) is 1.46. The van der Waals surface area contributed by atoms with Crippen LogP contribution in [0.15, 0.2) is 61.2 Å². The Labute approximate surface area is 185 Å². The van der Waals surface area contributed by atoms with Gasteiger partial charge in [-0.3, -0.25) is 0 Å². The Morgan fingerprint density at radius 1 is 1.16 bits per heavy atom. The Bertz CT molecular complexity index is 1000. The minimum Gasteiger partial charge on any atom is -0.481 e. The third kappa shape index (κ3) is 5.21. The summed E-state index contributed by atoms with van der Waals surface area (Å²) in [6, 6.07) is 12.4. The molecular weight excluding hydrogens is 416 g/mol. The van der Waals surface area contributed by atoms with E-state index in [-0.39, 0.29) is 18.0 Å². The van der Waals surface area contributed by atoms with Crippen molar-refractivity contribution in [2.45, 2.75) is 18.4 Å². The number of aromatic nitrogens is 3. The van der Waals surface area contributed by atoms with E-state index < -0.39 is 0 Å². The number of hydrogen-bond donors (Lipinski definition) is 2. The molecule has 4 rings (SSSR count). The second-order valence-corrected chi connectivity index (χ2v) is 7.69. The molecule has 31 heavy (non-hydrogen) atoms. The van der Waals surface area contributed by atoms with Crippen molar-refractivity contribution in [2.75, 3.05) is 30.4 Å². The molecular formula is C22H23ClN6O2. The number of nitrogens with zero attached hydrogens (tertiary/aromatic N) is 4. The number of carbonyl (C=O) groups is 1. The SMILES string of the molecule is COc1ccc(C2CN(c3ccncn3)CCC2NC(=O)Nc2ccc(Cl)cc2)cn1. The minimum absolute atomic E-state index is 0.0260. The summed E-state index contributed by atoms with van der Waals surface area (Å²) in [7, 11) is 1.59. The molecule has 2 amide bonds. The van der Waals surface area contributed by atoms with Crippen molar-refractivity contribution < 1.29 is 9.53 Å². The van der Waals surface area contributed by atoms with Crippen molar-refractivity contribution in [1.82, 2.24) is 20.3 Å². The van der Waals surface area contributed by atoms with Crippen LogP contribution >= 0.6 is 11.6 Å². The number of nitrogens with one attached hydrogen (secondary N) is 2. The average Bonchev–Trinajstić information content (AvgIpc) is 2.81. The Kier molecular flexibility index (Phi) is 6.47. The van der Waals surface area contributed by atoms with Crippen LogP contribution in [-0.4, -0.2) is 47.2 Å². The molecule has 2 atom stereocenters. The van der Waals surface area contributed by atoms with Gasteiger partial charge in [-0.15, -0.1) is 0 Å². The fraction of sp³-hybridized carbons (Fsp3) is 0.273. The number of ether oxygens (including phenoxy) is 1. The highest BCUT2D eigenvalue weighted by atomic mass is 35.5. The number of carbonyl (C=O) groups excluding carboxylic acids is 1. The van der Waals surface area contributed by atoms with E-state index in [1.54, 1.807) is 50.1 Å². The van der Waals surface area contributed by atoms with Crippen LogP contribution in [0.2, 0.25) is 5.02 Å². The number of hydrogen-bond acceptors (Lipinski definition) is 6. The monoisotopic (exact) mass is 438 g/mol. The predicted molar refractivity (Wildman–Crippen MR) is 120 cm³/mol. The second-order valence-electron chi connectivity index (χ2n) is 7.25. The van der Waals surface area contributed by atoms with Gasteiger partial charge in [-0.25, -0.2) is 19.7 Å². The first kappa shape index (κ1) is 20.9. The molecule has 8 nitrogen and oxygen atoms in total. The smallest absolute Gasteiger partial charge is 0.319 e. The molecule has 3 heterocycles. The van der Waals surface area contributed by atoms with Crippen molar-refractivity contribution >= 4 is 29.1 Å². The third-order valence-electron chi connectivity index (χ3n) is 5.32. The average molecular weight is 439 g/mol. The zero-order valence-electron chi connectivity index (χ0n) is 17.0. The van der Waals surface area contributed by atoms with Crippen molar-refractivity contribution in [3.63, 3.8) is 0 Å². The lowest BCUT2D eigenvalue weighted by atomic mass is 9.86. The van der Waals surface area contributed by atoms with E-state index in [1.807, 2.05) is 18.2 Å². The largest absolute Gasteiger partial charge is 0.481 e. The topological polar surface area (TPSA) is 92.3 Å². The first-order valence-corrected chi connectivity index (χ1v) is 10.3. The molecule has 0 radical (unpaired) electrons. The summed E-state index contributed by atoms with van der Waals surface area (Å²) in [6.07, 6.45) is 5.84. The highest BCUT2D eigenvalue weighted by Crippen LogP contribution is 2.30. The Morgan fingerprint density at radius 2 is 2.00 bits per heavy atom. The Hall–Kier alpha value is -3.39. The van der Waals surface area contributed by atoms with Gasteiger partial charge < -0.3 is 20.3 Å². The number of piperidine rings is 1. The fourth-order valence-corrected chi connectivity index (χ4v) is 3.87. The van der Waals surface area contributed by atoms with Gasteiger partial charge in [-0.05, 0) is 42.3 Å². The molecule has 160 valence electrons. The van der Waals surface area contributed by atoms with E-state index in [0.29, 0.717) is 23.1 Å². The molecule has 0 bridgehead atoms. The predicted octanol–water partition coefficient (Wildman–Crippen LogP) is 3.72. The molecule has 3 aromatic rings. The molecule has 2 unspecified atom stereocenters. The van der Waals surface area contributed by atoms with Crippen LogP contribution in [0, 0.1) is 0 Å². The van der Waals surface area contributed by atoms with Gasteiger partial charge in [0.2, 0.25) is 5.88 Å². The third-order valence-corrected chi connectivity index (χ3v) is 5.57. The lowest BCUT2D eigenvalue weighted by molar-refractivity contribution is 0.243. The van der Waals surface area contributed by atoms with Crippen LogP contribution in [-0.2, 0) is 0 Å². The highest BCUT2D eigenvalue weighted by molar-refractivity contribution is 6.30. The summed E-state index contributed by atoms with van der Waals surface area (Å²) in [4.78, 5) is 27.6. The van der Waals surface area contributed by atoms with E-state index in [2.05, 4.69) is 30.5 Å². The minimum atomic E-state index is -0.255. The Balaban J connectivity index is 1.51. The second kappa shape index (κ2) is 9.61. The molecule has 0 spiro atoms. The number of urea groups is 1. The van der Waals surface area contributed by atoms with Crippen molar-refractivity contribution in [1.29, 1.82) is 0 Å². The number of benzene rings is 1. The number of pyridine rings is 1. The van der Waals surface area contributed by atoms with Crippen LogP contribution in [0.3, 0.4) is 0 Å². The summed E-state index contributed by atoms with van der Waals surface area (Å²) in [5.74, 6) is 1.45. The molecule has 2 aromatic heterocycles. The number of halogens is 1. The molecule has 1 aliphatic rings. The number of methoxy groups -OCH3 is 1. The maximum Gasteiger partial charge on any atom is 0.319 e. The molecule has 1 fully saturated rings. The summed E-state index contributed by atoms with van der Waals surface area (Å²) < 4.78 is 5.19. The molecule has 2 N–H and O–H groups in total. The van der Waals surface area contributed by atoms with E-state index in [9.17, 15) is 4.79 Å². The van der Waals surface area contributed by atoms with Crippen LogP contribution < -0.4 is 20.3 Å². The van der Waals surface area contributed by atoms with E-state index >= 15 is 0 Å². The molecule has 0 saturated carbocycles. The normalized spacial score (nSPS) is 18.3. The molecule has 1 aliphatic heterocycles. The van der Waals surface area contributed by atoms with Gasteiger partial charge in [0.15, 0.2) is 0 Å². The number of anilines is 2. The van der Waals surface area contributed by atoms with Gasteiger partial charge in [0, 0.05) is 54.2 Å². The summed E-state index contributed by atoms with van der Waals surface area (Å²) >= 11 is 5.92. The lowest BCUT2D eigenvalue weighted by Gasteiger charge is -2.39. The number of amides is 2. The first-order chi connectivity index (χ1) is 15.1.